The van der Waals surface area contributed by atoms with Gasteiger partial charge >= 0.3 is 0 Å². The smallest absolute Gasteiger partial charge is 0.137 e. The van der Waals surface area contributed by atoms with Gasteiger partial charge in [0.1, 0.15) is 11.9 Å². The third kappa shape index (κ3) is 3.18. The monoisotopic (exact) mass is 297 g/mol. The van der Waals surface area contributed by atoms with E-state index in [9.17, 15) is 5.11 Å². The van der Waals surface area contributed by atoms with Gasteiger partial charge in [-0.25, -0.2) is 0 Å². The molecule has 0 bridgehead atoms. The van der Waals surface area contributed by atoms with Gasteiger partial charge in [0.2, 0.25) is 0 Å². The van der Waals surface area contributed by atoms with Crippen molar-refractivity contribution in [3.8, 4) is 5.75 Å². The van der Waals surface area contributed by atoms with Crippen LogP contribution < -0.4 is 4.74 Å². The summed E-state index contributed by atoms with van der Waals surface area (Å²) in [4.78, 5) is 4.04. The molecule has 1 atom stereocenters. The van der Waals surface area contributed by atoms with Crippen LogP contribution in [0, 0.1) is 0 Å². The first kappa shape index (κ1) is 14.1. The van der Waals surface area contributed by atoms with Crippen molar-refractivity contribution in [1.82, 2.24) is 4.98 Å². The fourth-order valence-corrected chi connectivity index (χ4v) is 2.37. The van der Waals surface area contributed by atoms with Crippen molar-refractivity contribution in [2.45, 2.75) is 13.0 Å². The van der Waals surface area contributed by atoms with Gasteiger partial charge in [-0.15, -0.1) is 0 Å². The molecule has 0 saturated carbocycles. The summed E-state index contributed by atoms with van der Waals surface area (Å²) in [6, 6.07) is 6.83. The molecule has 1 aromatic heterocycles. The zero-order chi connectivity index (χ0) is 13.8. The van der Waals surface area contributed by atoms with Gasteiger partial charge in [0.25, 0.3) is 0 Å². The fraction of sp³-hybridized carbons (Fsp3) is 0.214. The molecular weight excluding hydrogens is 285 g/mol. The Balaban J connectivity index is 2.38. The largest absolute Gasteiger partial charge is 0.492 e. The van der Waals surface area contributed by atoms with Crippen molar-refractivity contribution < 1.29 is 9.84 Å². The summed E-state index contributed by atoms with van der Waals surface area (Å²) < 4.78 is 5.35. The highest BCUT2D eigenvalue weighted by atomic mass is 35.5. The number of benzene rings is 1. The zero-order valence-electron chi connectivity index (χ0n) is 10.3. The Hall–Kier alpha value is -1.29. The summed E-state index contributed by atoms with van der Waals surface area (Å²) in [5.74, 6) is 0.599. The average molecular weight is 298 g/mol. The molecule has 5 heteroatoms. The zero-order valence-corrected chi connectivity index (χ0v) is 11.8. The second-order valence-corrected chi connectivity index (χ2v) is 4.74. The number of pyridine rings is 1. The lowest BCUT2D eigenvalue weighted by molar-refractivity contribution is 0.219. The van der Waals surface area contributed by atoms with Crippen molar-refractivity contribution in [2.24, 2.45) is 0 Å². The number of aliphatic hydroxyl groups excluding tert-OH is 1. The highest BCUT2D eigenvalue weighted by molar-refractivity contribution is 6.36. The minimum atomic E-state index is -0.936. The molecule has 1 heterocycles. The van der Waals surface area contributed by atoms with E-state index < -0.39 is 6.10 Å². The maximum absolute atomic E-state index is 10.4. The van der Waals surface area contributed by atoms with Crippen molar-refractivity contribution in [2.75, 3.05) is 6.61 Å². The third-order valence-corrected chi connectivity index (χ3v) is 3.29. The van der Waals surface area contributed by atoms with E-state index in [2.05, 4.69) is 4.98 Å². The van der Waals surface area contributed by atoms with Gasteiger partial charge in [-0.3, -0.25) is 4.98 Å². The lowest BCUT2D eigenvalue weighted by Crippen LogP contribution is -2.03. The Bertz CT molecular complexity index is 555. The predicted molar refractivity (Wildman–Crippen MR) is 75.9 cm³/mol. The first-order valence-electron chi connectivity index (χ1n) is 5.83. The summed E-state index contributed by atoms with van der Waals surface area (Å²) in [6.45, 7) is 2.42. The number of halogens is 2. The van der Waals surface area contributed by atoms with Crippen molar-refractivity contribution in [3.63, 3.8) is 0 Å². The van der Waals surface area contributed by atoms with Crippen LogP contribution in [0.3, 0.4) is 0 Å². The number of nitrogens with zero attached hydrogens (tertiary/aromatic N) is 1. The second-order valence-electron chi connectivity index (χ2n) is 3.92. The van der Waals surface area contributed by atoms with Crippen molar-refractivity contribution in [3.05, 3.63) is 57.8 Å². The summed E-state index contributed by atoms with van der Waals surface area (Å²) >= 11 is 12.2. The van der Waals surface area contributed by atoms with Crippen LogP contribution in [0.25, 0.3) is 0 Å². The minimum Gasteiger partial charge on any atom is -0.492 e. The SMILES string of the molecule is CCOc1cncc(C(O)c2c(Cl)cccc2Cl)c1. The van der Waals surface area contributed by atoms with E-state index in [-0.39, 0.29) is 0 Å². The molecule has 0 aliphatic rings. The summed E-state index contributed by atoms with van der Waals surface area (Å²) in [5.41, 5.74) is 1.06. The van der Waals surface area contributed by atoms with E-state index in [1.807, 2.05) is 6.92 Å². The van der Waals surface area contributed by atoms with Crippen LogP contribution in [0.4, 0.5) is 0 Å². The van der Waals surface area contributed by atoms with Gasteiger partial charge < -0.3 is 9.84 Å². The highest BCUT2D eigenvalue weighted by Crippen LogP contribution is 2.34. The molecule has 2 rings (SSSR count). The van der Waals surface area contributed by atoms with Gasteiger partial charge in [0.05, 0.1) is 12.8 Å². The van der Waals surface area contributed by atoms with Crippen LogP contribution in [0.5, 0.6) is 5.75 Å². The Morgan fingerprint density at radius 2 is 1.95 bits per heavy atom. The molecule has 0 saturated heterocycles. The number of rotatable bonds is 4. The molecule has 3 nitrogen and oxygen atoms in total. The van der Waals surface area contributed by atoms with Crippen molar-refractivity contribution in [1.29, 1.82) is 0 Å². The van der Waals surface area contributed by atoms with Crippen LogP contribution in [0.2, 0.25) is 10.0 Å². The van der Waals surface area contributed by atoms with E-state index >= 15 is 0 Å². The topological polar surface area (TPSA) is 42.4 Å². The number of aliphatic hydroxyl groups is 1. The molecule has 2 aromatic rings. The van der Waals surface area contributed by atoms with Crippen LogP contribution in [0.15, 0.2) is 36.7 Å². The second kappa shape index (κ2) is 6.24. The predicted octanol–water partition coefficient (Wildman–Crippen LogP) is 3.87. The molecule has 1 aromatic carbocycles. The molecule has 19 heavy (non-hydrogen) atoms. The molecule has 0 aliphatic heterocycles. The van der Waals surface area contributed by atoms with Gasteiger partial charge in [0.15, 0.2) is 0 Å². The molecular formula is C14H13Cl2NO2. The Morgan fingerprint density at radius 1 is 1.26 bits per heavy atom. The van der Waals surface area contributed by atoms with E-state index in [0.29, 0.717) is 33.5 Å². The van der Waals surface area contributed by atoms with Gasteiger partial charge in [-0.2, -0.15) is 0 Å². The number of ether oxygens (including phenoxy) is 1. The minimum absolute atomic E-state index is 0.418. The Kier molecular flexibility index (Phi) is 4.64. The maximum atomic E-state index is 10.4. The van der Waals surface area contributed by atoms with Crippen LogP contribution in [-0.4, -0.2) is 16.7 Å². The molecule has 100 valence electrons. The molecule has 1 unspecified atom stereocenters. The normalized spacial score (nSPS) is 12.2. The van der Waals surface area contributed by atoms with Gasteiger partial charge in [-0.1, -0.05) is 29.3 Å². The van der Waals surface area contributed by atoms with E-state index in [4.69, 9.17) is 27.9 Å². The van der Waals surface area contributed by atoms with E-state index in [0.717, 1.165) is 0 Å². The summed E-state index contributed by atoms with van der Waals surface area (Å²) in [6.07, 6.45) is 2.22. The molecule has 0 fully saturated rings. The molecule has 0 spiro atoms. The highest BCUT2D eigenvalue weighted by Gasteiger charge is 2.18. The first-order valence-corrected chi connectivity index (χ1v) is 6.58. The number of aromatic nitrogens is 1. The third-order valence-electron chi connectivity index (χ3n) is 2.63. The summed E-state index contributed by atoms with van der Waals surface area (Å²) in [5, 5.41) is 11.2. The fourth-order valence-electron chi connectivity index (χ4n) is 1.77. The van der Waals surface area contributed by atoms with Crippen LogP contribution in [0.1, 0.15) is 24.2 Å². The standard InChI is InChI=1S/C14H13Cl2NO2/c1-2-19-10-6-9(7-17-8-10)14(18)13-11(15)4-3-5-12(13)16/h3-8,14,18H,2H2,1H3. The maximum Gasteiger partial charge on any atom is 0.137 e. The lowest BCUT2D eigenvalue weighted by atomic mass is 10.0. The molecule has 0 aliphatic carbocycles. The quantitative estimate of drug-likeness (QED) is 0.931. The van der Waals surface area contributed by atoms with Gasteiger partial charge in [0, 0.05) is 27.4 Å². The number of hydrogen-bond donors (Lipinski definition) is 1. The first-order chi connectivity index (χ1) is 9.13. The van der Waals surface area contributed by atoms with Crippen molar-refractivity contribution >= 4 is 23.2 Å². The molecule has 0 amide bonds. The van der Waals surface area contributed by atoms with E-state index in [1.165, 1.54) is 0 Å². The lowest BCUT2D eigenvalue weighted by Gasteiger charge is -2.15. The molecule has 1 N–H and O–H groups in total. The van der Waals surface area contributed by atoms with E-state index in [1.54, 1.807) is 36.7 Å². The van der Waals surface area contributed by atoms with Gasteiger partial charge in [-0.05, 0) is 25.1 Å². The van der Waals surface area contributed by atoms with Crippen LogP contribution >= 0.6 is 23.2 Å². The number of hydrogen-bond acceptors (Lipinski definition) is 3. The Labute approximate surface area is 121 Å². The average Bonchev–Trinajstić information content (AvgIpc) is 2.39. The van der Waals surface area contributed by atoms with Crippen LogP contribution in [-0.2, 0) is 0 Å². The Morgan fingerprint density at radius 3 is 2.58 bits per heavy atom. The summed E-state index contributed by atoms with van der Waals surface area (Å²) in [7, 11) is 0. The molecule has 0 radical (unpaired) electrons.